The van der Waals surface area contributed by atoms with E-state index >= 15 is 0 Å². The zero-order valence-corrected chi connectivity index (χ0v) is 14.9. The molecule has 0 saturated carbocycles. The number of thiophene rings is 1. The highest BCUT2D eigenvalue weighted by Crippen LogP contribution is 2.23. The fraction of sp³-hybridized carbons (Fsp3) is 0.143. The van der Waals surface area contributed by atoms with Gasteiger partial charge in [-0.2, -0.15) is 0 Å². The lowest BCUT2D eigenvalue weighted by Crippen LogP contribution is -2.08. The first-order valence-corrected chi connectivity index (χ1v) is 7.26. The molecule has 10 heteroatoms. The molecule has 0 radical (unpaired) electrons. The van der Waals surface area contributed by atoms with Crippen molar-refractivity contribution in [2.75, 3.05) is 12.4 Å². The minimum absolute atomic E-state index is 0. The molecule has 3 aromatic heterocycles. The highest BCUT2D eigenvalue weighted by Gasteiger charge is 2.14. The van der Waals surface area contributed by atoms with Crippen LogP contribution in [0.5, 0.6) is 5.88 Å². The number of nitrogens with zero attached hydrogens (tertiary/aromatic N) is 3. The maximum Gasteiger partial charge on any atom is 0.356 e. The number of hydrogen-bond donors (Lipinski definition) is 2. The van der Waals surface area contributed by atoms with Gasteiger partial charge in [0, 0.05) is 18.8 Å². The number of carboxylic acid groups (broad SMARTS) is 1. The van der Waals surface area contributed by atoms with E-state index in [-0.39, 0.29) is 36.5 Å². The molecule has 0 atom stereocenters. The van der Waals surface area contributed by atoms with Crippen LogP contribution in [-0.2, 0) is 6.54 Å². The van der Waals surface area contributed by atoms with Gasteiger partial charge in [0.1, 0.15) is 0 Å². The van der Waals surface area contributed by atoms with E-state index in [4.69, 9.17) is 4.74 Å². The summed E-state index contributed by atoms with van der Waals surface area (Å²) < 4.78 is 5.57. The number of pyridine rings is 1. The number of anilines is 1. The van der Waals surface area contributed by atoms with Gasteiger partial charge in [0.2, 0.25) is 11.8 Å². The topological polar surface area (TPSA) is 97.2 Å². The largest absolute Gasteiger partial charge is 0.481 e. The summed E-state index contributed by atoms with van der Waals surface area (Å²) in [4.78, 5) is 23.7. The van der Waals surface area contributed by atoms with Gasteiger partial charge in [0.05, 0.1) is 17.3 Å². The molecule has 0 aliphatic rings. The van der Waals surface area contributed by atoms with Gasteiger partial charge in [-0.25, -0.2) is 19.7 Å². The van der Waals surface area contributed by atoms with Crippen LogP contribution >= 0.6 is 36.2 Å². The van der Waals surface area contributed by atoms with Gasteiger partial charge < -0.3 is 15.2 Å². The Labute approximate surface area is 153 Å². The number of hydrogen-bond acceptors (Lipinski definition) is 7. The van der Waals surface area contributed by atoms with Gasteiger partial charge in [0.25, 0.3) is 0 Å². The smallest absolute Gasteiger partial charge is 0.356 e. The number of fused-ring (bicyclic) bond motifs is 1. The van der Waals surface area contributed by atoms with Crippen LogP contribution in [0.2, 0.25) is 0 Å². The van der Waals surface area contributed by atoms with Crippen LogP contribution in [-0.4, -0.2) is 33.1 Å². The van der Waals surface area contributed by atoms with Crippen LogP contribution in [0.4, 0.5) is 5.95 Å². The molecular weight excluding hydrogens is 375 g/mol. The molecule has 0 unspecified atom stereocenters. The summed E-state index contributed by atoms with van der Waals surface area (Å²) in [6, 6.07) is 5.39. The third-order valence-corrected chi connectivity index (χ3v) is 3.87. The normalized spacial score (nSPS) is 9.71. The molecule has 128 valence electrons. The maximum absolute atomic E-state index is 11.3. The lowest BCUT2D eigenvalue weighted by Gasteiger charge is -2.06. The van der Waals surface area contributed by atoms with Crippen LogP contribution in [0.25, 0.3) is 10.2 Å². The molecule has 7 nitrogen and oxygen atoms in total. The summed E-state index contributed by atoms with van der Waals surface area (Å²) >= 11 is 1.31. The van der Waals surface area contributed by atoms with Crippen molar-refractivity contribution in [2.24, 2.45) is 0 Å². The molecule has 0 saturated heterocycles. The second-order valence-electron chi connectivity index (χ2n) is 4.40. The van der Waals surface area contributed by atoms with Gasteiger partial charge in [-0.3, -0.25) is 0 Å². The number of methoxy groups -OCH3 is 1. The quantitative estimate of drug-likeness (QED) is 0.691. The number of carbonyl (C=O) groups is 1. The summed E-state index contributed by atoms with van der Waals surface area (Å²) in [7, 11) is 1.55. The van der Waals surface area contributed by atoms with Gasteiger partial charge in [-0.1, -0.05) is 6.07 Å². The van der Waals surface area contributed by atoms with E-state index in [9.17, 15) is 9.90 Å². The third-order valence-electron chi connectivity index (χ3n) is 2.96. The molecule has 3 rings (SSSR count). The SMILES string of the molecule is COc1ccc(CNc2nc(C(=O)O)c3sccc3n2)cn1.Cl.Cl. The van der Waals surface area contributed by atoms with Crippen molar-refractivity contribution in [1.29, 1.82) is 0 Å². The van der Waals surface area contributed by atoms with Crippen molar-refractivity contribution in [1.82, 2.24) is 15.0 Å². The van der Waals surface area contributed by atoms with Crippen LogP contribution in [0.3, 0.4) is 0 Å². The molecule has 0 amide bonds. The average molecular weight is 389 g/mol. The van der Waals surface area contributed by atoms with Gasteiger partial charge in [-0.15, -0.1) is 36.2 Å². The zero-order valence-electron chi connectivity index (χ0n) is 12.4. The Morgan fingerprint density at radius 2 is 2.08 bits per heavy atom. The van der Waals surface area contributed by atoms with Gasteiger partial charge in [0.15, 0.2) is 5.69 Å². The molecule has 0 bridgehead atoms. The Bertz CT molecular complexity index is 827. The Morgan fingerprint density at radius 3 is 2.71 bits per heavy atom. The minimum atomic E-state index is -1.07. The van der Waals surface area contributed by atoms with Crippen LogP contribution in [0, 0.1) is 0 Å². The zero-order chi connectivity index (χ0) is 15.5. The first-order valence-electron chi connectivity index (χ1n) is 6.38. The molecular formula is C14H14Cl2N4O3S. The van der Waals surface area contributed by atoms with E-state index in [1.165, 1.54) is 11.3 Å². The van der Waals surface area contributed by atoms with Crippen molar-refractivity contribution in [2.45, 2.75) is 6.54 Å². The molecule has 0 spiro atoms. The second-order valence-corrected chi connectivity index (χ2v) is 5.31. The van der Waals surface area contributed by atoms with E-state index in [1.807, 2.05) is 6.07 Å². The van der Waals surface area contributed by atoms with Crippen molar-refractivity contribution < 1.29 is 14.6 Å². The molecule has 3 aromatic rings. The van der Waals surface area contributed by atoms with E-state index in [1.54, 1.807) is 30.8 Å². The van der Waals surface area contributed by atoms with Crippen molar-refractivity contribution in [3.8, 4) is 5.88 Å². The standard InChI is InChI=1S/C14H12N4O3S.2ClH/c1-21-10-3-2-8(6-15-10)7-16-14-17-9-4-5-22-12(9)11(18-14)13(19)20;;/h2-6H,7H2,1H3,(H,19,20)(H,16,17,18);2*1H. The monoisotopic (exact) mass is 388 g/mol. The molecule has 0 aliphatic heterocycles. The highest BCUT2D eigenvalue weighted by molar-refractivity contribution is 7.17. The van der Waals surface area contributed by atoms with Crippen LogP contribution < -0.4 is 10.1 Å². The maximum atomic E-state index is 11.3. The molecule has 0 fully saturated rings. The highest BCUT2D eigenvalue weighted by atomic mass is 35.5. The summed E-state index contributed by atoms with van der Waals surface area (Å²) in [6.07, 6.45) is 1.67. The van der Waals surface area contributed by atoms with Gasteiger partial charge >= 0.3 is 5.97 Å². The Balaban J connectivity index is 0.00000144. The average Bonchev–Trinajstić information content (AvgIpc) is 3.00. The Morgan fingerprint density at radius 1 is 1.29 bits per heavy atom. The summed E-state index contributed by atoms with van der Waals surface area (Å²) in [5.74, 6) is -0.254. The first kappa shape index (κ1) is 19.9. The Hall–Kier alpha value is -2.16. The third kappa shape index (κ3) is 4.22. The van der Waals surface area contributed by atoms with E-state index in [0.29, 0.717) is 22.6 Å². The summed E-state index contributed by atoms with van der Waals surface area (Å²) in [5.41, 5.74) is 1.54. The lowest BCUT2D eigenvalue weighted by atomic mass is 10.3. The Kier molecular flexibility index (Phi) is 7.15. The second kappa shape index (κ2) is 8.62. The van der Waals surface area contributed by atoms with Gasteiger partial charge in [-0.05, 0) is 17.0 Å². The number of halogens is 2. The molecule has 2 N–H and O–H groups in total. The fourth-order valence-corrected chi connectivity index (χ4v) is 2.72. The summed E-state index contributed by atoms with van der Waals surface area (Å²) in [6.45, 7) is 0.436. The molecule has 3 heterocycles. The predicted molar refractivity (Wildman–Crippen MR) is 97.0 cm³/mol. The molecule has 0 aromatic carbocycles. The number of aromatic nitrogens is 3. The number of nitrogens with one attached hydrogen (secondary N) is 1. The number of carboxylic acids is 1. The molecule has 24 heavy (non-hydrogen) atoms. The van der Waals surface area contributed by atoms with Crippen molar-refractivity contribution in [3.63, 3.8) is 0 Å². The molecule has 0 aliphatic carbocycles. The number of ether oxygens (including phenoxy) is 1. The van der Waals surface area contributed by atoms with Crippen LogP contribution in [0.15, 0.2) is 29.8 Å². The van der Waals surface area contributed by atoms with Crippen molar-refractivity contribution in [3.05, 3.63) is 41.0 Å². The summed E-state index contributed by atoms with van der Waals surface area (Å²) in [5, 5.41) is 14.0. The van der Waals surface area contributed by atoms with Crippen LogP contribution in [0.1, 0.15) is 16.1 Å². The number of rotatable bonds is 5. The van der Waals surface area contributed by atoms with E-state index in [2.05, 4.69) is 20.3 Å². The van der Waals surface area contributed by atoms with Crippen molar-refractivity contribution >= 4 is 58.3 Å². The fourth-order valence-electron chi connectivity index (χ4n) is 1.90. The minimum Gasteiger partial charge on any atom is -0.481 e. The van der Waals surface area contributed by atoms with E-state index in [0.717, 1.165) is 5.56 Å². The van der Waals surface area contributed by atoms with E-state index < -0.39 is 5.97 Å². The predicted octanol–water partition coefficient (Wildman–Crippen LogP) is 3.25. The first-order chi connectivity index (χ1) is 10.7. The number of aromatic carboxylic acids is 1. The lowest BCUT2D eigenvalue weighted by molar-refractivity contribution is 0.0693.